The van der Waals surface area contributed by atoms with E-state index in [1.807, 2.05) is 0 Å². The highest BCUT2D eigenvalue weighted by molar-refractivity contribution is 7.89. The average molecular weight is 302 g/mol. The summed E-state index contributed by atoms with van der Waals surface area (Å²) in [7, 11) is -2.32. The van der Waals surface area contributed by atoms with Gasteiger partial charge in [-0.3, -0.25) is 4.79 Å². The zero-order chi connectivity index (χ0) is 14.9. The van der Waals surface area contributed by atoms with Crippen LogP contribution in [0.2, 0.25) is 0 Å². The molecule has 0 spiro atoms. The van der Waals surface area contributed by atoms with E-state index in [2.05, 4.69) is 15.8 Å². The molecule has 0 aliphatic carbocycles. The van der Waals surface area contributed by atoms with Crippen molar-refractivity contribution in [2.45, 2.75) is 24.8 Å². The van der Waals surface area contributed by atoms with Crippen LogP contribution in [0, 0.1) is 13.8 Å². The molecule has 9 heteroatoms. The van der Waals surface area contributed by atoms with E-state index in [1.165, 1.54) is 11.4 Å². The number of carbonyl (C=O) groups excluding carboxylic acids is 1. The first-order valence-electron chi connectivity index (χ1n) is 6.26. The first kappa shape index (κ1) is 14.9. The summed E-state index contributed by atoms with van der Waals surface area (Å²) in [6.07, 6.45) is 0. The summed E-state index contributed by atoms with van der Waals surface area (Å²) in [6, 6.07) is -0.771. The lowest BCUT2D eigenvalue weighted by Gasteiger charge is -2.33. The van der Waals surface area contributed by atoms with E-state index in [1.54, 1.807) is 13.8 Å². The highest BCUT2D eigenvalue weighted by Gasteiger charge is 2.39. The summed E-state index contributed by atoms with van der Waals surface area (Å²) in [6.45, 7) is 4.12. The number of nitrogens with zero attached hydrogens (tertiary/aromatic N) is 2. The molecule has 8 nitrogen and oxygen atoms in total. The van der Waals surface area contributed by atoms with E-state index in [-0.39, 0.29) is 29.7 Å². The number of aryl methyl sites for hydroxylation is 2. The van der Waals surface area contributed by atoms with Gasteiger partial charge in [0.05, 0.1) is 0 Å². The summed E-state index contributed by atoms with van der Waals surface area (Å²) in [5.74, 6) is -0.107. The molecule has 112 valence electrons. The quantitative estimate of drug-likeness (QED) is 0.742. The molecule has 1 aromatic heterocycles. The highest BCUT2D eigenvalue weighted by Crippen LogP contribution is 2.25. The molecule has 0 bridgehead atoms. The predicted octanol–water partition coefficient (Wildman–Crippen LogP) is -1.00. The third-order valence-electron chi connectivity index (χ3n) is 3.28. The maximum absolute atomic E-state index is 12.7. The number of rotatable bonds is 3. The van der Waals surface area contributed by atoms with Crippen LogP contribution in [0.3, 0.4) is 0 Å². The van der Waals surface area contributed by atoms with Crippen molar-refractivity contribution in [3.05, 3.63) is 11.5 Å². The molecule has 1 aromatic rings. The Labute approximate surface area is 117 Å². The average Bonchev–Trinajstić information content (AvgIpc) is 2.77. The van der Waals surface area contributed by atoms with E-state index >= 15 is 0 Å². The Hall–Kier alpha value is -1.45. The lowest BCUT2D eigenvalue weighted by Crippen LogP contribution is -2.59. The molecule has 1 fully saturated rings. The van der Waals surface area contributed by atoms with Crippen molar-refractivity contribution in [2.75, 3.05) is 26.7 Å². The van der Waals surface area contributed by atoms with Crippen LogP contribution >= 0.6 is 0 Å². The predicted molar refractivity (Wildman–Crippen MR) is 70.6 cm³/mol. The molecule has 2 heterocycles. The van der Waals surface area contributed by atoms with Gasteiger partial charge in [-0.15, -0.1) is 0 Å². The highest BCUT2D eigenvalue weighted by atomic mass is 32.2. The molecule has 0 radical (unpaired) electrons. The van der Waals surface area contributed by atoms with Crippen LogP contribution in [0.15, 0.2) is 9.42 Å². The van der Waals surface area contributed by atoms with Crippen LogP contribution in [0.1, 0.15) is 11.5 Å². The van der Waals surface area contributed by atoms with Crippen LogP contribution in [0.5, 0.6) is 0 Å². The molecule has 2 N–H and O–H groups in total. The van der Waals surface area contributed by atoms with Crippen molar-refractivity contribution < 1.29 is 17.7 Å². The SMILES string of the molecule is CNC(=O)C1CNCCN1S(=O)(=O)c1c(C)noc1C. The zero-order valence-corrected chi connectivity index (χ0v) is 12.5. The monoisotopic (exact) mass is 302 g/mol. The Balaban J connectivity index is 2.44. The molecular weight excluding hydrogens is 284 g/mol. The second-order valence-corrected chi connectivity index (χ2v) is 6.43. The second kappa shape index (κ2) is 5.51. The maximum Gasteiger partial charge on any atom is 0.249 e. The Morgan fingerprint density at radius 1 is 1.50 bits per heavy atom. The first-order chi connectivity index (χ1) is 9.39. The molecule has 1 amide bonds. The number of amides is 1. The molecule has 0 saturated carbocycles. The molecular formula is C11H18N4O4S. The number of hydrogen-bond donors (Lipinski definition) is 2. The summed E-state index contributed by atoms with van der Waals surface area (Å²) in [4.78, 5) is 11.9. The van der Waals surface area contributed by atoms with Crippen molar-refractivity contribution in [2.24, 2.45) is 0 Å². The van der Waals surface area contributed by atoms with Crippen molar-refractivity contribution in [1.82, 2.24) is 20.1 Å². The molecule has 1 aliphatic rings. The van der Waals surface area contributed by atoms with Crippen molar-refractivity contribution in [1.29, 1.82) is 0 Å². The Morgan fingerprint density at radius 3 is 2.75 bits per heavy atom. The van der Waals surface area contributed by atoms with Crippen LogP contribution in [-0.4, -0.2) is 56.5 Å². The number of carbonyl (C=O) groups is 1. The molecule has 20 heavy (non-hydrogen) atoms. The molecule has 2 rings (SSSR count). The van der Waals surface area contributed by atoms with Crippen LogP contribution in [0.25, 0.3) is 0 Å². The lowest BCUT2D eigenvalue weighted by molar-refractivity contribution is -0.124. The van der Waals surface area contributed by atoms with Gasteiger partial charge < -0.3 is 15.2 Å². The van der Waals surface area contributed by atoms with E-state index in [4.69, 9.17) is 4.52 Å². The van der Waals surface area contributed by atoms with Gasteiger partial charge in [0.15, 0.2) is 5.76 Å². The van der Waals surface area contributed by atoms with E-state index in [0.717, 1.165) is 0 Å². The third-order valence-corrected chi connectivity index (χ3v) is 5.43. The smallest absolute Gasteiger partial charge is 0.249 e. The van der Waals surface area contributed by atoms with Crippen molar-refractivity contribution in [3.8, 4) is 0 Å². The van der Waals surface area contributed by atoms with E-state index in [0.29, 0.717) is 12.2 Å². The van der Waals surface area contributed by atoms with Crippen molar-refractivity contribution in [3.63, 3.8) is 0 Å². The van der Waals surface area contributed by atoms with Crippen LogP contribution in [0.4, 0.5) is 0 Å². The standard InChI is InChI=1S/C11H18N4O4S/c1-7-10(8(2)19-14-7)20(17,18)15-5-4-13-6-9(15)11(16)12-3/h9,13H,4-6H2,1-3H3,(H,12,16). The van der Waals surface area contributed by atoms with Gasteiger partial charge in [0.25, 0.3) is 0 Å². The minimum atomic E-state index is -3.81. The number of nitrogens with one attached hydrogen (secondary N) is 2. The number of piperazine rings is 1. The Morgan fingerprint density at radius 2 is 2.20 bits per heavy atom. The Kier molecular flexibility index (Phi) is 4.11. The van der Waals surface area contributed by atoms with Gasteiger partial charge in [0.1, 0.15) is 16.6 Å². The number of sulfonamides is 1. The molecule has 1 atom stereocenters. The molecule has 1 unspecified atom stereocenters. The fraction of sp³-hybridized carbons (Fsp3) is 0.636. The minimum Gasteiger partial charge on any atom is -0.360 e. The van der Waals surface area contributed by atoms with Gasteiger partial charge >= 0.3 is 0 Å². The van der Waals surface area contributed by atoms with E-state index in [9.17, 15) is 13.2 Å². The van der Waals surface area contributed by atoms with Crippen LogP contribution in [-0.2, 0) is 14.8 Å². The molecule has 1 saturated heterocycles. The first-order valence-corrected chi connectivity index (χ1v) is 7.70. The number of aromatic nitrogens is 1. The van der Waals surface area contributed by atoms with Gasteiger partial charge in [0.2, 0.25) is 15.9 Å². The third kappa shape index (κ3) is 2.43. The van der Waals surface area contributed by atoms with Gasteiger partial charge in [0, 0.05) is 26.7 Å². The Bertz CT molecular complexity index is 590. The largest absolute Gasteiger partial charge is 0.360 e. The van der Waals surface area contributed by atoms with Gasteiger partial charge in [-0.1, -0.05) is 5.16 Å². The molecule has 1 aliphatic heterocycles. The maximum atomic E-state index is 12.7. The van der Waals surface area contributed by atoms with Gasteiger partial charge in [-0.2, -0.15) is 4.31 Å². The second-order valence-electron chi connectivity index (χ2n) is 4.60. The minimum absolute atomic E-state index is 0.0494. The van der Waals surface area contributed by atoms with Crippen molar-refractivity contribution >= 4 is 15.9 Å². The van der Waals surface area contributed by atoms with Gasteiger partial charge in [-0.25, -0.2) is 8.42 Å². The lowest BCUT2D eigenvalue weighted by atomic mass is 10.2. The van der Waals surface area contributed by atoms with Crippen LogP contribution < -0.4 is 10.6 Å². The summed E-state index contributed by atoms with van der Waals surface area (Å²) in [5.41, 5.74) is 0.302. The summed E-state index contributed by atoms with van der Waals surface area (Å²) < 4.78 is 31.6. The summed E-state index contributed by atoms with van der Waals surface area (Å²) >= 11 is 0. The van der Waals surface area contributed by atoms with Gasteiger partial charge in [-0.05, 0) is 13.8 Å². The zero-order valence-electron chi connectivity index (χ0n) is 11.6. The molecule has 0 aromatic carbocycles. The fourth-order valence-corrected chi connectivity index (χ4v) is 4.21. The normalized spacial score (nSPS) is 20.9. The summed E-state index contributed by atoms with van der Waals surface area (Å²) in [5, 5.41) is 9.18. The van der Waals surface area contributed by atoms with E-state index < -0.39 is 16.1 Å². The number of hydrogen-bond acceptors (Lipinski definition) is 6. The fourth-order valence-electron chi connectivity index (χ4n) is 2.32. The topological polar surface area (TPSA) is 105 Å². The number of likely N-dealkylation sites (N-methyl/N-ethyl adjacent to an activating group) is 1.